The summed E-state index contributed by atoms with van der Waals surface area (Å²) in [6.07, 6.45) is 5.72. The minimum atomic E-state index is -0.406. The molecule has 2 aliphatic rings. The van der Waals surface area contributed by atoms with Gasteiger partial charge in [0.25, 0.3) is 0 Å². The number of ether oxygens (including phenoxy) is 1. The molecule has 1 aliphatic heterocycles. The van der Waals surface area contributed by atoms with E-state index in [2.05, 4.69) is 10.6 Å². The molecule has 0 bridgehead atoms. The van der Waals surface area contributed by atoms with E-state index in [4.69, 9.17) is 4.74 Å². The van der Waals surface area contributed by atoms with Crippen LogP contribution in [0.3, 0.4) is 0 Å². The van der Waals surface area contributed by atoms with Crippen molar-refractivity contribution in [3.05, 3.63) is 0 Å². The van der Waals surface area contributed by atoms with E-state index in [9.17, 15) is 4.79 Å². The summed E-state index contributed by atoms with van der Waals surface area (Å²) in [5, 5.41) is 6.98. The van der Waals surface area contributed by atoms with Gasteiger partial charge in [-0.1, -0.05) is 0 Å². The Morgan fingerprint density at radius 3 is 2.68 bits per heavy atom. The summed E-state index contributed by atoms with van der Waals surface area (Å²) in [7, 11) is 0. The highest BCUT2D eigenvalue weighted by atomic mass is 16.6. The van der Waals surface area contributed by atoms with E-state index < -0.39 is 5.60 Å². The molecule has 1 saturated heterocycles. The second kappa shape index (κ2) is 8.16. The molecule has 1 heterocycles. The molecule has 1 amide bonds. The van der Waals surface area contributed by atoms with Crippen molar-refractivity contribution < 1.29 is 9.53 Å². The number of carbonyl (C=O) groups excluding carboxylic acids is 1. The number of hydrogen-bond donors (Lipinski definition) is 2. The Hall–Kier alpha value is -0.810. The molecule has 2 fully saturated rings. The van der Waals surface area contributed by atoms with E-state index in [0.717, 1.165) is 51.4 Å². The maximum absolute atomic E-state index is 12.2. The first kappa shape index (κ1) is 17.5. The average molecular weight is 311 g/mol. The Bertz CT molecular complexity index is 344. The van der Waals surface area contributed by atoms with E-state index in [1.165, 1.54) is 19.4 Å². The zero-order valence-corrected chi connectivity index (χ0v) is 14.5. The van der Waals surface area contributed by atoms with Crippen LogP contribution in [0.25, 0.3) is 0 Å². The first-order valence-corrected chi connectivity index (χ1v) is 8.87. The molecule has 2 N–H and O–H groups in total. The molecule has 0 aromatic rings. The Morgan fingerprint density at radius 2 is 2.09 bits per heavy atom. The van der Waals surface area contributed by atoms with Crippen LogP contribution in [0.4, 0.5) is 4.79 Å². The third-order valence-corrected chi connectivity index (χ3v) is 4.20. The Morgan fingerprint density at radius 1 is 1.32 bits per heavy atom. The van der Waals surface area contributed by atoms with E-state index in [0.29, 0.717) is 6.04 Å². The minimum Gasteiger partial charge on any atom is -0.444 e. The van der Waals surface area contributed by atoms with E-state index >= 15 is 0 Å². The van der Waals surface area contributed by atoms with Crippen LogP contribution in [0.15, 0.2) is 0 Å². The molecule has 1 aliphatic carbocycles. The summed E-state index contributed by atoms with van der Waals surface area (Å²) in [5.74, 6) is 0.763. The average Bonchev–Trinajstić information content (AvgIpc) is 3.26. The van der Waals surface area contributed by atoms with Crippen molar-refractivity contribution in [1.29, 1.82) is 0 Å². The van der Waals surface area contributed by atoms with Crippen LogP contribution >= 0.6 is 0 Å². The van der Waals surface area contributed by atoms with Crippen LogP contribution < -0.4 is 10.6 Å². The third-order valence-electron chi connectivity index (χ3n) is 4.20. The molecule has 128 valence electrons. The minimum absolute atomic E-state index is 0.147. The summed E-state index contributed by atoms with van der Waals surface area (Å²) < 4.78 is 5.51. The lowest BCUT2D eigenvalue weighted by molar-refractivity contribution is 0.0232. The fourth-order valence-corrected chi connectivity index (χ4v) is 2.91. The summed E-state index contributed by atoms with van der Waals surface area (Å²) >= 11 is 0. The fourth-order valence-electron chi connectivity index (χ4n) is 2.91. The fraction of sp³-hybridized carbons (Fsp3) is 0.941. The second-order valence-electron chi connectivity index (χ2n) is 7.67. The molecule has 22 heavy (non-hydrogen) atoms. The maximum Gasteiger partial charge on any atom is 0.410 e. The molecule has 0 aromatic carbocycles. The summed E-state index contributed by atoms with van der Waals surface area (Å²) in [6, 6.07) is 0.414. The molecule has 0 aromatic heterocycles. The topological polar surface area (TPSA) is 53.6 Å². The largest absolute Gasteiger partial charge is 0.444 e. The molecule has 1 saturated carbocycles. The van der Waals surface area contributed by atoms with Crippen molar-refractivity contribution in [2.75, 3.05) is 32.7 Å². The van der Waals surface area contributed by atoms with Crippen molar-refractivity contribution in [3.8, 4) is 0 Å². The van der Waals surface area contributed by atoms with Crippen LogP contribution in [-0.2, 0) is 4.74 Å². The lowest BCUT2D eigenvalue weighted by Crippen LogP contribution is -2.40. The van der Waals surface area contributed by atoms with Gasteiger partial charge in [0.2, 0.25) is 0 Å². The first-order chi connectivity index (χ1) is 10.5. The SMILES string of the molecule is CC(C)(C)OC(=O)N(CCCNCC1CCCNC1)C1CC1. The van der Waals surface area contributed by atoms with Gasteiger partial charge in [0.05, 0.1) is 0 Å². The zero-order valence-electron chi connectivity index (χ0n) is 14.5. The Balaban J connectivity index is 1.61. The number of hydrogen-bond acceptors (Lipinski definition) is 4. The molecule has 0 radical (unpaired) electrons. The zero-order chi connectivity index (χ0) is 16.0. The number of nitrogens with one attached hydrogen (secondary N) is 2. The summed E-state index contributed by atoms with van der Waals surface area (Å²) in [4.78, 5) is 14.2. The summed E-state index contributed by atoms with van der Waals surface area (Å²) in [6.45, 7) is 10.9. The standard InChI is InChI=1S/C17H33N3O2/c1-17(2,3)22-16(21)20(15-7-8-15)11-5-10-19-13-14-6-4-9-18-12-14/h14-15,18-19H,4-13H2,1-3H3. The molecular formula is C17H33N3O2. The van der Waals surface area contributed by atoms with Crippen molar-refractivity contribution in [2.45, 2.75) is 64.5 Å². The lowest BCUT2D eigenvalue weighted by atomic mass is 10.00. The van der Waals surface area contributed by atoms with Gasteiger partial charge in [0.15, 0.2) is 0 Å². The second-order valence-corrected chi connectivity index (χ2v) is 7.67. The molecule has 5 heteroatoms. The van der Waals surface area contributed by atoms with Crippen molar-refractivity contribution in [2.24, 2.45) is 5.92 Å². The lowest BCUT2D eigenvalue weighted by Gasteiger charge is -2.27. The van der Waals surface area contributed by atoms with Crippen LogP contribution in [0.2, 0.25) is 0 Å². The number of piperidine rings is 1. The molecular weight excluding hydrogens is 278 g/mol. The molecule has 0 spiro atoms. The number of amides is 1. The maximum atomic E-state index is 12.2. The van der Waals surface area contributed by atoms with Gasteiger partial charge in [-0.15, -0.1) is 0 Å². The van der Waals surface area contributed by atoms with E-state index in [1.54, 1.807) is 0 Å². The number of rotatable bonds is 7. The van der Waals surface area contributed by atoms with Crippen molar-refractivity contribution in [3.63, 3.8) is 0 Å². The highest BCUT2D eigenvalue weighted by Crippen LogP contribution is 2.28. The Labute approximate surface area is 135 Å². The molecule has 1 unspecified atom stereocenters. The first-order valence-electron chi connectivity index (χ1n) is 8.87. The number of nitrogens with zero attached hydrogens (tertiary/aromatic N) is 1. The predicted octanol–water partition coefficient (Wildman–Crippen LogP) is 2.37. The molecule has 2 rings (SSSR count). The van der Waals surface area contributed by atoms with Gasteiger partial charge in [-0.05, 0) is 85.0 Å². The van der Waals surface area contributed by atoms with Gasteiger partial charge in [-0.2, -0.15) is 0 Å². The van der Waals surface area contributed by atoms with Gasteiger partial charge in [-0.25, -0.2) is 4.79 Å². The van der Waals surface area contributed by atoms with E-state index in [-0.39, 0.29) is 6.09 Å². The highest BCUT2D eigenvalue weighted by Gasteiger charge is 2.34. The van der Waals surface area contributed by atoms with Gasteiger partial charge in [0, 0.05) is 12.6 Å². The molecule has 1 atom stereocenters. The Kier molecular flexibility index (Phi) is 6.50. The quantitative estimate of drug-likeness (QED) is 0.709. The van der Waals surface area contributed by atoms with Crippen LogP contribution in [0.1, 0.15) is 52.9 Å². The predicted molar refractivity (Wildman–Crippen MR) is 89.0 cm³/mol. The summed E-state index contributed by atoms with van der Waals surface area (Å²) in [5.41, 5.74) is -0.406. The monoisotopic (exact) mass is 311 g/mol. The third kappa shape index (κ3) is 6.53. The van der Waals surface area contributed by atoms with Gasteiger partial charge in [0.1, 0.15) is 5.60 Å². The van der Waals surface area contributed by atoms with Gasteiger partial charge >= 0.3 is 6.09 Å². The van der Waals surface area contributed by atoms with Gasteiger partial charge < -0.3 is 20.3 Å². The number of carbonyl (C=O) groups is 1. The van der Waals surface area contributed by atoms with Crippen LogP contribution in [0, 0.1) is 5.92 Å². The van der Waals surface area contributed by atoms with Crippen LogP contribution in [-0.4, -0.2) is 55.4 Å². The van der Waals surface area contributed by atoms with Gasteiger partial charge in [-0.3, -0.25) is 0 Å². The van der Waals surface area contributed by atoms with Crippen LogP contribution in [0.5, 0.6) is 0 Å². The van der Waals surface area contributed by atoms with E-state index in [1.807, 2.05) is 25.7 Å². The normalized spacial score (nSPS) is 22.4. The molecule has 5 nitrogen and oxygen atoms in total. The highest BCUT2D eigenvalue weighted by molar-refractivity contribution is 5.69. The van der Waals surface area contributed by atoms with Crippen molar-refractivity contribution in [1.82, 2.24) is 15.5 Å². The smallest absolute Gasteiger partial charge is 0.410 e. The van der Waals surface area contributed by atoms with Crippen molar-refractivity contribution >= 4 is 6.09 Å².